The summed E-state index contributed by atoms with van der Waals surface area (Å²) in [5.41, 5.74) is 1.04. The first-order valence-electron chi connectivity index (χ1n) is 4.87. The van der Waals surface area contributed by atoms with Crippen molar-refractivity contribution in [3.8, 4) is 0 Å². The molecule has 1 unspecified atom stereocenters. The van der Waals surface area contributed by atoms with Gasteiger partial charge in [-0.25, -0.2) is 4.98 Å². The molecule has 1 amide bonds. The molecule has 0 aliphatic rings. The van der Waals surface area contributed by atoms with Crippen LogP contribution in [-0.2, 0) is 0 Å². The molecule has 0 aliphatic carbocycles. The van der Waals surface area contributed by atoms with E-state index in [4.69, 9.17) is 5.11 Å². The average Bonchev–Trinajstić information content (AvgIpc) is 2.26. The van der Waals surface area contributed by atoms with Crippen LogP contribution in [0.3, 0.4) is 0 Å². The Morgan fingerprint density at radius 1 is 1.53 bits per heavy atom. The number of rotatable bonds is 4. The summed E-state index contributed by atoms with van der Waals surface area (Å²) in [5.74, 6) is -0.302. The molecule has 2 N–H and O–H groups in total. The molecule has 0 spiro atoms. The minimum atomic E-state index is -0.302. The lowest BCUT2D eigenvalue weighted by molar-refractivity contribution is 0.0909. The number of nitrogens with one attached hydrogen (secondary N) is 1. The summed E-state index contributed by atoms with van der Waals surface area (Å²) in [7, 11) is 0. The number of hydrogen-bond acceptors (Lipinski definition) is 4. The van der Waals surface area contributed by atoms with Crippen molar-refractivity contribution in [2.75, 3.05) is 6.61 Å². The van der Waals surface area contributed by atoms with E-state index in [2.05, 4.69) is 15.3 Å². The van der Waals surface area contributed by atoms with Crippen molar-refractivity contribution < 1.29 is 9.90 Å². The summed E-state index contributed by atoms with van der Waals surface area (Å²) in [4.78, 5) is 19.5. The van der Waals surface area contributed by atoms with Crippen LogP contribution in [0.15, 0.2) is 12.4 Å². The van der Waals surface area contributed by atoms with Gasteiger partial charge in [0.2, 0.25) is 0 Å². The molecular formula is C10H15N3O2. The van der Waals surface area contributed by atoms with Gasteiger partial charge in [-0.3, -0.25) is 9.78 Å². The summed E-state index contributed by atoms with van der Waals surface area (Å²) in [6.07, 6.45) is 3.64. The molecule has 0 fully saturated rings. The molecule has 1 aromatic heterocycles. The SMILES string of the molecule is CCC(CO)NC(=O)c1cnc(C)cn1. The molecule has 1 atom stereocenters. The molecule has 0 radical (unpaired) electrons. The molecule has 5 heteroatoms. The van der Waals surface area contributed by atoms with Gasteiger partial charge in [0, 0.05) is 6.20 Å². The molecule has 0 saturated heterocycles. The Bertz CT molecular complexity index is 320. The van der Waals surface area contributed by atoms with Crippen LogP contribution in [0.4, 0.5) is 0 Å². The van der Waals surface area contributed by atoms with Gasteiger partial charge < -0.3 is 10.4 Å². The predicted molar refractivity (Wildman–Crippen MR) is 55.4 cm³/mol. The Hall–Kier alpha value is -1.49. The Morgan fingerprint density at radius 3 is 2.73 bits per heavy atom. The second-order valence-corrected chi connectivity index (χ2v) is 3.30. The molecule has 15 heavy (non-hydrogen) atoms. The number of aromatic nitrogens is 2. The highest BCUT2D eigenvalue weighted by Gasteiger charge is 2.12. The molecule has 1 rings (SSSR count). The highest BCUT2D eigenvalue weighted by atomic mass is 16.3. The van der Waals surface area contributed by atoms with Crippen LogP contribution in [-0.4, -0.2) is 33.6 Å². The summed E-state index contributed by atoms with van der Waals surface area (Å²) in [6, 6.07) is -0.222. The van der Waals surface area contributed by atoms with Gasteiger partial charge in [-0.1, -0.05) is 6.92 Å². The zero-order valence-electron chi connectivity index (χ0n) is 8.90. The van der Waals surface area contributed by atoms with Crippen LogP contribution in [0.5, 0.6) is 0 Å². The van der Waals surface area contributed by atoms with E-state index >= 15 is 0 Å². The first-order valence-corrected chi connectivity index (χ1v) is 4.87. The summed E-state index contributed by atoms with van der Waals surface area (Å²) in [5, 5.41) is 11.6. The van der Waals surface area contributed by atoms with Gasteiger partial charge in [-0.2, -0.15) is 0 Å². The number of hydrogen-bond donors (Lipinski definition) is 2. The van der Waals surface area contributed by atoms with Gasteiger partial charge in [-0.15, -0.1) is 0 Å². The standard InChI is InChI=1S/C10H15N3O2/c1-3-8(6-14)13-10(15)9-5-11-7(2)4-12-9/h4-5,8,14H,3,6H2,1-2H3,(H,13,15). The van der Waals surface area contributed by atoms with Crippen molar-refractivity contribution in [2.45, 2.75) is 26.3 Å². The van der Waals surface area contributed by atoms with Gasteiger partial charge >= 0.3 is 0 Å². The smallest absolute Gasteiger partial charge is 0.271 e. The highest BCUT2D eigenvalue weighted by Crippen LogP contribution is 1.96. The Balaban J connectivity index is 2.64. The third kappa shape index (κ3) is 3.28. The van der Waals surface area contributed by atoms with E-state index in [1.807, 2.05) is 6.92 Å². The van der Waals surface area contributed by atoms with Crippen LogP contribution in [0, 0.1) is 6.92 Å². The Morgan fingerprint density at radius 2 is 2.27 bits per heavy atom. The first-order chi connectivity index (χ1) is 7.17. The number of carbonyl (C=O) groups excluding carboxylic acids is 1. The lowest BCUT2D eigenvalue weighted by Gasteiger charge is -2.13. The van der Waals surface area contributed by atoms with Crippen molar-refractivity contribution in [1.29, 1.82) is 0 Å². The van der Waals surface area contributed by atoms with Crippen LogP contribution in [0.1, 0.15) is 29.5 Å². The van der Waals surface area contributed by atoms with Crippen molar-refractivity contribution in [3.05, 3.63) is 23.8 Å². The minimum absolute atomic E-state index is 0.0679. The molecule has 0 saturated carbocycles. The number of nitrogens with zero attached hydrogens (tertiary/aromatic N) is 2. The minimum Gasteiger partial charge on any atom is -0.394 e. The molecule has 1 aromatic rings. The topological polar surface area (TPSA) is 75.1 Å². The van der Waals surface area contributed by atoms with Crippen LogP contribution in [0.2, 0.25) is 0 Å². The Labute approximate surface area is 88.6 Å². The number of aliphatic hydroxyl groups is 1. The molecule has 82 valence electrons. The maximum absolute atomic E-state index is 11.6. The molecule has 0 bridgehead atoms. The molecule has 0 aliphatic heterocycles. The fourth-order valence-electron chi connectivity index (χ4n) is 1.05. The second kappa shape index (κ2) is 5.41. The van der Waals surface area contributed by atoms with E-state index in [9.17, 15) is 4.79 Å². The molecule has 1 heterocycles. The number of carbonyl (C=O) groups is 1. The Kier molecular flexibility index (Phi) is 4.17. The fraction of sp³-hybridized carbons (Fsp3) is 0.500. The highest BCUT2D eigenvalue weighted by molar-refractivity contribution is 5.92. The third-order valence-corrected chi connectivity index (χ3v) is 2.06. The van der Waals surface area contributed by atoms with Crippen molar-refractivity contribution in [2.24, 2.45) is 0 Å². The number of aryl methyl sites for hydroxylation is 1. The maximum atomic E-state index is 11.6. The predicted octanol–water partition coefficient (Wildman–Crippen LogP) is 0.286. The fourth-order valence-corrected chi connectivity index (χ4v) is 1.05. The van der Waals surface area contributed by atoms with E-state index in [0.29, 0.717) is 6.42 Å². The molecule has 0 aromatic carbocycles. The lowest BCUT2D eigenvalue weighted by Crippen LogP contribution is -2.37. The summed E-state index contributed by atoms with van der Waals surface area (Å²) in [6.45, 7) is 3.63. The number of amides is 1. The van der Waals surface area contributed by atoms with E-state index in [-0.39, 0.29) is 24.2 Å². The van der Waals surface area contributed by atoms with Gasteiger partial charge in [0.1, 0.15) is 5.69 Å². The summed E-state index contributed by atoms with van der Waals surface area (Å²) >= 11 is 0. The maximum Gasteiger partial charge on any atom is 0.271 e. The quantitative estimate of drug-likeness (QED) is 0.747. The lowest BCUT2D eigenvalue weighted by atomic mass is 10.2. The number of aliphatic hydroxyl groups excluding tert-OH is 1. The van der Waals surface area contributed by atoms with Gasteiger partial charge in [0.15, 0.2) is 0 Å². The largest absolute Gasteiger partial charge is 0.394 e. The van der Waals surface area contributed by atoms with E-state index in [1.54, 1.807) is 6.92 Å². The summed E-state index contributed by atoms with van der Waals surface area (Å²) < 4.78 is 0. The average molecular weight is 209 g/mol. The first kappa shape index (κ1) is 11.6. The van der Waals surface area contributed by atoms with E-state index < -0.39 is 0 Å². The second-order valence-electron chi connectivity index (χ2n) is 3.30. The van der Waals surface area contributed by atoms with Gasteiger partial charge in [0.25, 0.3) is 5.91 Å². The zero-order valence-corrected chi connectivity index (χ0v) is 8.90. The van der Waals surface area contributed by atoms with Gasteiger partial charge in [0.05, 0.1) is 24.5 Å². The van der Waals surface area contributed by atoms with Crippen LogP contribution in [0.25, 0.3) is 0 Å². The van der Waals surface area contributed by atoms with Crippen molar-refractivity contribution in [3.63, 3.8) is 0 Å². The normalized spacial score (nSPS) is 12.2. The van der Waals surface area contributed by atoms with E-state index in [1.165, 1.54) is 12.4 Å². The van der Waals surface area contributed by atoms with Crippen molar-refractivity contribution >= 4 is 5.91 Å². The third-order valence-electron chi connectivity index (χ3n) is 2.06. The van der Waals surface area contributed by atoms with Crippen molar-refractivity contribution in [1.82, 2.24) is 15.3 Å². The van der Waals surface area contributed by atoms with Crippen LogP contribution < -0.4 is 5.32 Å². The van der Waals surface area contributed by atoms with Gasteiger partial charge in [-0.05, 0) is 13.3 Å². The molecular weight excluding hydrogens is 194 g/mol. The monoisotopic (exact) mass is 209 g/mol. The van der Waals surface area contributed by atoms with E-state index in [0.717, 1.165) is 5.69 Å². The zero-order chi connectivity index (χ0) is 11.3. The van der Waals surface area contributed by atoms with Crippen LogP contribution >= 0.6 is 0 Å². The molecule has 5 nitrogen and oxygen atoms in total.